The molecule has 140 valence electrons. The molecule has 0 radical (unpaired) electrons. The van der Waals surface area contributed by atoms with E-state index < -0.39 is 12.5 Å². The Morgan fingerprint density at radius 2 is 1.93 bits per heavy atom. The summed E-state index contributed by atoms with van der Waals surface area (Å²) in [5.74, 6) is -0.448. The van der Waals surface area contributed by atoms with Gasteiger partial charge in [0.25, 0.3) is 0 Å². The van der Waals surface area contributed by atoms with E-state index >= 15 is 0 Å². The van der Waals surface area contributed by atoms with Crippen LogP contribution < -0.4 is 20.2 Å². The minimum absolute atomic E-state index is 0.0577. The van der Waals surface area contributed by atoms with E-state index in [-0.39, 0.29) is 29.2 Å². The topological polar surface area (TPSA) is 69.6 Å². The minimum atomic E-state index is -3.02. The Hall–Kier alpha value is -3.42. The number of para-hydroxylation sites is 1. The fourth-order valence-corrected chi connectivity index (χ4v) is 2.70. The zero-order chi connectivity index (χ0) is 19.4. The standard InChI is InChI=1S/C19H16F2N2O4/c1-26-16-7-6-12(10-17(16)27-19(20)21)22-18(25)11-23-9-8-15(24)13-4-2-3-5-14(13)23/h2-10,19H,11H2,1H3,(H,22,25). The van der Waals surface area contributed by atoms with Gasteiger partial charge in [0.05, 0.1) is 12.6 Å². The third-order valence-electron chi connectivity index (χ3n) is 3.86. The molecule has 1 amide bonds. The van der Waals surface area contributed by atoms with E-state index in [9.17, 15) is 18.4 Å². The van der Waals surface area contributed by atoms with Gasteiger partial charge in [0.1, 0.15) is 6.54 Å². The second-order valence-corrected chi connectivity index (χ2v) is 5.62. The van der Waals surface area contributed by atoms with Crippen LogP contribution in [0.1, 0.15) is 0 Å². The molecule has 0 saturated carbocycles. The number of hydrogen-bond acceptors (Lipinski definition) is 4. The number of benzene rings is 2. The normalized spacial score (nSPS) is 10.8. The Morgan fingerprint density at radius 3 is 2.67 bits per heavy atom. The van der Waals surface area contributed by atoms with Crippen molar-refractivity contribution in [1.29, 1.82) is 0 Å². The highest BCUT2D eigenvalue weighted by atomic mass is 19.3. The third kappa shape index (κ3) is 4.22. The Balaban J connectivity index is 1.81. The Kier molecular flexibility index (Phi) is 5.35. The van der Waals surface area contributed by atoms with E-state index in [2.05, 4.69) is 10.1 Å². The smallest absolute Gasteiger partial charge is 0.387 e. The Bertz CT molecular complexity index is 1030. The Labute approximate surface area is 152 Å². The van der Waals surface area contributed by atoms with E-state index in [0.29, 0.717) is 10.9 Å². The average molecular weight is 374 g/mol. The lowest BCUT2D eigenvalue weighted by Gasteiger charge is -2.13. The average Bonchev–Trinajstić information content (AvgIpc) is 2.64. The van der Waals surface area contributed by atoms with E-state index in [0.717, 1.165) is 0 Å². The summed E-state index contributed by atoms with van der Waals surface area (Å²) in [6, 6.07) is 12.5. The molecule has 0 saturated heterocycles. The molecule has 0 atom stereocenters. The first-order valence-corrected chi connectivity index (χ1v) is 7.99. The van der Waals surface area contributed by atoms with Crippen molar-refractivity contribution >= 4 is 22.5 Å². The van der Waals surface area contributed by atoms with Gasteiger partial charge in [-0.1, -0.05) is 12.1 Å². The van der Waals surface area contributed by atoms with Gasteiger partial charge in [0.2, 0.25) is 5.91 Å². The summed E-state index contributed by atoms with van der Waals surface area (Å²) < 4.78 is 36.0. The highest BCUT2D eigenvalue weighted by Gasteiger charge is 2.13. The van der Waals surface area contributed by atoms with E-state index in [1.54, 1.807) is 28.8 Å². The number of carbonyl (C=O) groups excluding carboxylic acids is 1. The van der Waals surface area contributed by atoms with Crippen LogP contribution in [0.5, 0.6) is 11.5 Å². The van der Waals surface area contributed by atoms with Crippen LogP contribution in [0, 0.1) is 0 Å². The lowest BCUT2D eigenvalue weighted by molar-refractivity contribution is -0.116. The van der Waals surface area contributed by atoms with Gasteiger partial charge in [0.15, 0.2) is 16.9 Å². The molecule has 27 heavy (non-hydrogen) atoms. The number of alkyl halides is 2. The third-order valence-corrected chi connectivity index (χ3v) is 3.86. The van der Waals surface area contributed by atoms with Gasteiger partial charge >= 0.3 is 6.61 Å². The molecule has 0 fully saturated rings. The number of carbonyl (C=O) groups is 1. The molecule has 0 unspecified atom stereocenters. The van der Waals surface area contributed by atoms with Crippen molar-refractivity contribution in [3.8, 4) is 11.5 Å². The molecule has 0 bridgehead atoms. The van der Waals surface area contributed by atoms with Gasteiger partial charge in [0, 0.05) is 29.4 Å². The predicted octanol–water partition coefficient (Wildman–Crippen LogP) is 3.25. The van der Waals surface area contributed by atoms with Gasteiger partial charge in [-0.2, -0.15) is 8.78 Å². The van der Waals surface area contributed by atoms with Crippen molar-refractivity contribution in [2.75, 3.05) is 12.4 Å². The van der Waals surface area contributed by atoms with Gasteiger partial charge in [-0.3, -0.25) is 9.59 Å². The highest BCUT2D eigenvalue weighted by molar-refractivity contribution is 5.92. The zero-order valence-electron chi connectivity index (χ0n) is 14.3. The van der Waals surface area contributed by atoms with Crippen LogP contribution in [0.2, 0.25) is 0 Å². The van der Waals surface area contributed by atoms with Crippen LogP contribution in [0.25, 0.3) is 10.9 Å². The molecule has 6 nitrogen and oxygen atoms in total. The number of anilines is 1. The summed E-state index contributed by atoms with van der Waals surface area (Å²) in [5, 5.41) is 3.12. The molecule has 1 heterocycles. The number of hydrogen-bond donors (Lipinski definition) is 1. The van der Waals surface area contributed by atoms with Crippen LogP contribution in [0.15, 0.2) is 59.5 Å². The maximum Gasteiger partial charge on any atom is 0.387 e. The van der Waals surface area contributed by atoms with Crippen LogP contribution in [-0.2, 0) is 11.3 Å². The molecule has 3 rings (SSSR count). The summed E-state index contributed by atoms with van der Waals surface area (Å²) >= 11 is 0. The molecular weight excluding hydrogens is 358 g/mol. The molecule has 0 aliphatic carbocycles. The number of methoxy groups -OCH3 is 1. The second-order valence-electron chi connectivity index (χ2n) is 5.62. The molecule has 1 aromatic heterocycles. The molecular formula is C19H16F2N2O4. The van der Waals surface area contributed by atoms with Gasteiger partial charge in [-0.25, -0.2) is 0 Å². The van der Waals surface area contributed by atoms with Crippen LogP contribution in [0.4, 0.5) is 14.5 Å². The molecule has 8 heteroatoms. The monoisotopic (exact) mass is 374 g/mol. The zero-order valence-corrected chi connectivity index (χ0v) is 14.3. The highest BCUT2D eigenvalue weighted by Crippen LogP contribution is 2.31. The molecule has 0 aliphatic rings. The largest absolute Gasteiger partial charge is 0.493 e. The summed E-state index contributed by atoms with van der Waals surface area (Å²) in [4.78, 5) is 24.3. The molecule has 0 spiro atoms. The van der Waals surface area contributed by atoms with E-state index in [4.69, 9.17) is 4.74 Å². The summed E-state index contributed by atoms with van der Waals surface area (Å²) in [5.41, 5.74) is 0.768. The lowest BCUT2D eigenvalue weighted by Crippen LogP contribution is -2.20. The lowest BCUT2D eigenvalue weighted by atomic mass is 10.2. The van der Waals surface area contributed by atoms with Gasteiger partial charge < -0.3 is 19.4 Å². The number of halogens is 2. The Morgan fingerprint density at radius 1 is 1.15 bits per heavy atom. The van der Waals surface area contributed by atoms with Crippen molar-refractivity contribution in [3.63, 3.8) is 0 Å². The van der Waals surface area contributed by atoms with Gasteiger partial charge in [-0.15, -0.1) is 0 Å². The number of nitrogens with zero attached hydrogens (tertiary/aromatic N) is 1. The summed E-state index contributed by atoms with van der Waals surface area (Å²) in [6.07, 6.45) is 1.53. The quantitative estimate of drug-likeness (QED) is 0.719. The van der Waals surface area contributed by atoms with Crippen molar-refractivity contribution in [1.82, 2.24) is 4.57 Å². The first kappa shape index (κ1) is 18.4. The van der Waals surface area contributed by atoms with E-state index in [1.807, 2.05) is 0 Å². The maximum absolute atomic E-state index is 12.5. The first-order chi connectivity index (χ1) is 13.0. The van der Waals surface area contributed by atoms with E-state index in [1.165, 1.54) is 37.6 Å². The maximum atomic E-state index is 12.5. The minimum Gasteiger partial charge on any atom is -0.493 e. The van der Waals surface area contributed by atoms with Crippen LogP contribution in [-0.4, -0.2) is 24.2 Å². The van der Waals surface area contributed by atoms with Crippen molar-refractivity contribution in [2.24, 2.45) is 0 Å². The number of ether oxygens (including phenoxy) is 2. The number of pyridine rings is 1. The summed E-state index contributed by atoms with van der Waals surface area (Å²) in [6.45, 7) is -3.07. The molecule has 2 aromatic carbocycles. The summed E-state index contributed by atoms with van der Waals surface area (Å²) in [7, 11) is 1.33. The van der Waals surface area contributed by atoms with Crippen molar-refractivity contribution < 1.29 is 23.0 Å². The molecule has 1 N–H and O–H groups in total. The fourth-order valence-electron chi connectivity index (χ4n) is 2.70. The van der Waals surface area contributed by atoms with Crippen molar-refractivity contribution in [2.45, 2.75) is 13.2 Å². The fraction of sp³-hybridized carbons (Fsp3) is 0.158. The number of amides is 1. The number of rotatable bonds is 6. The molecule has 3 aromatic rings. The number of fused-ring (bicyclic) bond motifs is 1. The van der Waals surface area contributed by atoms with Gasteiger partial charge in [-0.05, 0) is 24.3 Å². The SMILES string of the molecule is COc1ccc(NC(=O)Cn2ccc(=O)c3ccccc32)cc1OC(F)F. The van der Waals surface area contributed by atoms with Crippen molar-refractivity contribution in [3.05, 3.63) is 65.0 Å². The predicted molar refractivity (Wildman–Crippen MR) is 96.5 cm³/mol. The van der Waals surface area contributed by atoms with Crippen LogP contribution in [0.3, 0.4) is 0 Å². The first-order valence-electron chi connectivity index (χ1n) is 7.99. The van der Waals surface area contributed by atoms with Crippen LogP contribution >= 0.6 is 0 Å². The number of nitrogens with one attached hydrogen (secondary N) is 1. The number of aromatic nitrogens is 1. The second kappa shape index (κ2) is 7.86. The molecule has 0 aliphatic heterocycles.